The van der Waals surface area contributed by atoms with Crippen LogP contribution in [-0.4, -0.2) is 0 Å². The minimum atomic E-state index is 1.15. The van der Waals surface area contributed by atoms with Crippen molar-refractivity contribution in [3.05, 3.63) is 59.7 Å². The molecule has 0 amide bonds. The van der Waals surface area contributed by atoms with Gasteiger partial charge in [-0.2, -0.15) is 0 Å². The number of hydrogen-bond donors (Lipinski definition) is 0. The number of allylic oxidation sites excluding steroid dienone is 4. The van der Waals surface area contributed by atoms with Gasteiger partial charge in [0.1, 0.15) is 0 Å². The summed E-state index contributed by atoms with van der Waals surface area (Å²) in [5.74, 6) is 0. The van der Waals surface area contributed by atoms with Crippen LogP contribution < -0.4 is 0 Å². The van der Waals surface area contributed by atoms with E-state index >= 15 is 0 Å². The van der Waals surface area contributed by atoms with E-state index < -0.39 is 0 Å². The third kappa shape index (κ3) is 4.97. The van der Waals surface area contributed by atoms with Crippen molar-refractivity contribution in [1.29, 1.82) is 0 Å². The molecule has 0 aromatic heterocycles. The molecule has 0 bridgehead atoms. The van der Waals surface area contributed by atoms with Gasteiger partial charge in [0.2, 0.25) is 0 Å². The van der Waals surface area contributed by atoms with Crippen LogP contribution in [0.5, 0.6) is 0 Å². The number of hydrogen-bond acceptors (Lipinski definition) is 0. The first-order chi connectivity index (χ1) is 7.86. The average Bonchev–Trinajstić information content (AvgIpc) is 2.32. The van der Waals surface area contributed by atoms with Gasteiger partial charge in [-0.25, -0.2) is 0 Å². The molecule has 0 aliphatic carbocycles. The molecular weight excluding hydrogens is 192 g/mol. The predicted molar refractivity (Wildman–Crippen MR) is 72.7 cm³/mol. The molecule has 0 nitrogen and oxygen atoms in total. The molecule has 0 radical (unpaired) electrons. The standard InChI is InChI=1S/C16H22/c1-3-5-7-9-15-11-13-16(14-12-15)10-8-6-4-2/h3-6,11-14H,7-10H2,1-2H3/b5-3+,6-4+. The average molecular weight is 214 g/mol. The third-order valence-corrected chi connectivity index (χ3v) is 2.69. The van der Waals surface area contributed by atoms with E-state index in [2.05, 4.69) is 62.4 Å². The van der Waals surface area contributed by atoms with E-state index in [1.54, 1.807) is 0 Å². The fraction of sp³-hybridized carbons (Fsp3) is 0.375. The lowest BCUT2D eigenvalue weighted by Crippen LogP contribution is -1.87. The summed E-state index contributed by atoms with van der Waals surface area (Å²) in [5, 5.41) is 0. The molecule has 0 aliphatic heterocycles. The molecule has 0 atom stereocenters. The second-order valence-electron chi connectivity index (χ2n) is 4.03. The van der Waals surface area contributed by atoms with Crippen LogP contribution in [0.1, 0.15) is 37.8 Å². The molecule has 0 unspecified atom stereocenters. The van der Waals surface area contributed by atoms with Crippen molar-refractivity contribution in [2.45, 2.75) is 39.5 Å². The van der Waals surface area contributed by atoms with E-state index in [9.17, 15) is 0 Å². The molecular formula is C16H22. The van der Waals surface area contributed by atoms with Crippen molar-refractivity contribution in [1.82, 2.24) is 0 Å². The van der Waals surface area contributed by atoms with E-state index in [4.69, 9.17) is 0 Å². The molecule has 1 rings (SSSR count). The zero-order valence-electron chi connectivity index (χ0n) is 10.4. The lowest BCUT2D eigenvalue weighted by atomic mass is 10.0. The molecule has 1 aromatic rings. The summed E-state index contributed by atoms with van der Waals surface area (Å²) >= 11 is 0. The fourth-order valence-electron chi connectivity index (χ4n) is 1.71. The summed E-state index contributed by atoms with van der Waals surface area (Å²) in [6, 6.07) is 9.03. The van der Waals surface area contributed by atoms with E-state index in [-0.39, 0.29) is 0 Å². The zero-order chi connectivity index (χ0) is 11.6. The Hall–Kier alpha value is -1.30. The second kappa shape index (κ2) is 7.92. The largest absolute Gasteiger partial charge is 0.0917 e. The lowest BCUT2D eigenvalue weighted by molar-refractivity contribution is 0.975. The van der Waals surface area contributed by atoms with Gasteiger partial charge in [0, 0.05) is 0 Å². The first-order valence-electron chi connectivity index (χ1n) is 6.17. The first-order valence-corrected chi connectivity index (χ1v) is 6.17. The predicted octanol–water partition coefficient (Wildman–Crippen LogP) is 4.70. The van der Waals surface area contributed by atoms with Crippen LogP contribution >= 0.6 is 0 Å². The fourth-order valence-corrected chi connectivity index (χ4v) is 1.71. The van der Waals surface area contributed by atoms with Crippen molar-refractivity contribution in [2.75, 3.05) is 0 Å². The molecule has 0 saturated heterocycles. The van der Waals surface area contributed by atoms with Crippen molar-refractivity contribution < 1.29 is 0 Å². The normalized spacial score (nSPS) is 11.6. The first kappa shape index (κ1) is 12.8. The molecule has 0 N–H and O–H groups in total. The van der Waals surface area contributed by atoms with Crippen molar-refractivity contribution in [2.24, 2.45) is 0 Å². The Bertz CT molecular complexity index is 293. The highest BCUT2D eigenvalue weighted by Crippen LogP contribution is 2.09. The molecule has 0 heterocycles. The quantitative estimate of drug-likeness (QED) is 0.602. The topological polar surface area (TPSA) is 0 Å². The SMILES string of the molecule is C/C=C/CCc1ccc(CC/C=C/C)cc1. The highest BCUT2D eigenvalue weighted by atomic mass is 14.0. The van der Waals surface area contributed by atoms with E-state index in [1.807, 2.05) is 0 Å². The smallest absolute Gasteiger partial charge is 0.0244 e. The Balaban J connectivity index is 2.41. The van der Waals surface area contributed by atoms with E-state index in [0.29, 0.717) is 0 Å². The molecule has 0 spiro atoms. The summed E-state index contributed by atoms with van der Waals surface area (Å²) in [7, 11) is 0. The molecule has 0 heteroatoms. The van der Waals surface area contributed by atoms with Gasteiger partial charge in [-0.1, -0.05) is 48.6 Å². The molecule has 16 heavy (non-hydrogen) atoms. The van der Waals surface area contributed by atoms with Gasteiger partial charge in [0.05, 0.1) is 0 Å². The van der Waals surface area contributed by atoms with Crippen LogP contribution in [0.4, 0.5) is 0 Å². The highest BCUT2D eigenvalue weighted by Gasteiger charge is 1.93. The second-order valence-corrected chi connectivity index (χ2v) is 4.03. The Morgan fingerprint density at radius 1 is 0.750 bits per heavy atom. The van der Waals surface area contributed by atoms with Crippen LogP contribution in [-0.2, 0) is 12.8 Å². The summed E-state index contributed by atoms with van der Waals surface area (Å²) in [4.78, 5) is 0. The number of benzene rings is 1. The number of aryl methyl sites for hydroxylation is 2. The van der Waals surface area contributed by atoms with E-state index in [1.165, 1.54) is 11.1 Å². The third-order valence-electron chi connectivity index (χ3n) is 2.69. The molecule has 1 aromatic carbocycles. The van der Waals surface area contributed by atoms with Gasteiger partial charge in [0.15, 0.2) is 0 Å². The van der Waals surface area contributed by atoms with Gasteiger partial charge in [-0.3, -0.25) is 0 Å². The monoisotopic (exact) mass is 214 g/mol. The zero-order valence-corrected chi connectivity index (χ0v) is 10.4. The van der Waals surface area contributed by atoms with Crippen LogP contribution in [0, 0.1) is 0 Å². The van der Waals surface area contributed by atoms with Crippen LogP contribution in [0.25, 0.3) is 0 Å². The maximum atomic E-state index is 2.26. The van der Waals surface area contributed by atoms with Gasteiger partial charge < -0.3 is 0 Å². The van der Waals surface area contributed by atoms with Gasteiger partial charge in [-0.05, 0) is 50.7 Å². The van der Waals surface area contributed by atoms with Crippen molar-refractivity contribution in [3.8, 4) is 0 Å². The molecule has 86 valence electrons. The summed E-state index contributed by atoms with van der Waals surface area (Å²) in [6.07, 6.45) is 13.3. The molecule has 0 aliphatic rings. The Morgan fingerprint density at radius 2 is 1.12 bits per heavy atom. The summed E-state index contributed by atoms with van der Waals surface area (Å²) < 4.78 is 0. The Labute approximate surface area is 99.7 Å². The molecule has 0 saturated carbocycles. The summed E-state index contributed by atoms with van der Waals surface area (Å²) in [5.41, 5.74) is 2.88. The number of rotatable bonds is 6. The van der Waals surface area contributed by atoms with Crippen molar-refractivity contribution >= 4 is 0 Å². The van der Waals surface area contributed by atoms with Crippen LogP contribution in [0.15, 0.2) is 48.6 Å². The minimum absolute atomic E-state index is 1.15. The lowest BCUT2D eigenvalue weighted by Gasteiger charge is -2.01. The van der Waals surface area contributed by atoms with E-state index in [0.717, 1.165) is 25.7 Å². The highest BCUT2D eigenvalue weighted by molar-refractivity contribution is 5.23. The Morgan fingerprint density at radius 3 is 1.44 bits per heavy atom. The van der Waals surface area contributed by atoms with Crippen LogP contribution in [0.3, 0.4) is 0 Å². The van der Waals surface area contributed by atoms with Gasteiger partial charge in [0.25, 0.3) is 0 Å². The van der Waals surface area contributed by atoms with Gasteiger partial charge in [-0.15, -0.1) is 0 Å². The maximum Gasteiger partial charge on any atom is -0.0244 e. The van der Waals surface area contributed by atoms with Gasteiger partial charge >= 0.3 is 0 Å². The van der Waals surface area contributed by atoms with Crippen molar-refractivity contribution in [3.63, 3.8) is 0 Å². The van der Waals surface area contributed by atoms with Crippen LogP contribution in [0.2, 0.25) is 0 Å². The Kier molecular flexibility index (Phi) is 6.32. The maximum absolute atomic E-state index is 2.26. The summed E-state index contributed by atoms with van der Waals surface area (Å²) in [6.45, 7) is 4.15. The minimum Gasteiger partial charge on any atom is -0.0917 e. The molecule has 0 fully saturated rings.